The lowest BCUT2D eigenvalue weighted by Gasteiger charge is -2.28. The van der Waals surface area contributed by atoms with Crippen molar-refractivity contribution in [1.29, 1.82) is 0 Å². The lowest BCUT2D eigenvalue weighted by Crippen LogP contribution is -2.25. The van der Waals surface area contributed by atoms with Crippen molar-refractivity contribution in [1.82, 2.24) is 9.97 Å². The quantitative estimate of drug-likeness (QED) is 0.924. The van der Waals surface area contributed by atoms with Crippen LogP contribution in [0.1, 0.15) is 32.6 Å². The van der Waals surface area contributed by atoms with Crippen LogP contribution in [0.25, 0.3) is 0 Å². The van der Waals surface area contributed by atoms with Crippen molar-refractivity contribution in [3.63, 3.8) is 0 Å². The molecule has 0 saturated heterocycles. The number of rotatable bonds is 4. The summed E-state index contributed by atoms with van der Waals surface area (Å²) in [5.41, 5.74) is 0. The molecule has 4 nitrogen and oxygen atoms in total. The Bertz CT molecular complexity index is 400. The number of halogens is 1. The molecule has 1 aliphatic rings. The molecule has 0 amide bonds. The Morgan fingerprint density at radius 2 is 2.22 bits per heavy atom. The maximum Gasteiger partial charge on any atom is 0.232 e. The van der Waals surface area contributed by atoms with Gasteiger partial charge >= 0.3 is 0 Å². The Morgan fingerprint density at radius 1 is 1.44 bits per heavy atom. The van der Waals surface area contributed by atoms with Gasteiger partial charge in [-0.25, -0.2) is 4.98 Å². The Balaban J connectivity index is 1.93. The van der Waals surface area contributed by atoms with Crippen LogP contribution in [-0.4, -0.2) is 23.6 Å². The first-order chi connectivity index (χ1) is 8.70. The molecule has 0 aromatic carbocycles. The van der Waals surface area contributed by atoms with Gasteiger partial charge in [-0.3, -0.25) is 0 Å². The van der Waals surface area contributed by atoms with E-state index < -0.39 is 0 Å². The van der Waals surface area contributed by atoms with Crippen molar-refractivity contribution >= 4 is 21.9 Å². The van der Waals surface area contributed by atoms with Crippen LogP contribution < -0.4 is 10.1 Å². The van der Waals surface area contributed by atoms with Gasteiger partial charge in [0.15, 0.2) is 0 Å². The second-order valence-electron chi connectivity index (χ2n) is 4.95. The maximum atomic E-state index is 5.16. The van der Waals surface area contributed by atoms with Crippen LogP contribution in [0.15, 0.2) is 10.7 Å². The molecule has 2 rings (SSSR count). The van der Waals surface area contributed by atoms with E-state index in [1.165, 1.54) is 25.7 Å². The van der Waals surface area contributed by atoms with Crippen molar-refractivity contribution < 1.29 is 4.74 Å². The minimum atomic E-state index is 0.573. The van der Waals surface area contributed by atoms with Crippen molar-refractivity contribution in [3.05, 3.63) is 10.7 Å². The standard InChI is InChI=1S/C13H20BrN3O/c1-9-5-3-4-6-10(9)7-15-13-16-8-11(14)12(17-13)18-2/h8-10H,3-7H2,1-2H3,(H,15,16,17). The number of ether oxygens (including phenoxy) is 1. The Labute approximate surface area is 117 Å². The van der Waals surface area contributed by atoms with E-state index in [2.05, 4.69) is 38.1 Å². The van der Waals surface area contributed by atoms with Crippen molar-refractivity contribution in [3.8, 4) is 5.88 Å². The van der Waals surface area contributed by atoms with Gasteiger partial charge in [0.2, 0.25) is 11.8 Å². The van der Waals surface area contributed by atoms with Gasteiger partial charge in [-0.2, -0.15) is 4.98 Å². The molecule has 0 bridgehead atoms. The lowest BCUT2D eigenvalue weighted by molar-refractivity contribution is 0.268. The van der Waals surface area contributed by atoms with Gasteiger partial charge in [0.25, 0.3) is 0 Å². The summed E-state index contributed by atoms with van der Waals surface area (Å²) < 4.78 is 5.94. The average Bonchev–Trinajstić information content (AvgIpc) is 2.39. The normalized spacial score (nSPS) is 23.7. The third kappa shape index (κ3) is 3.34. The molecule has 1 aromatic heterocycles. The molecule has 2 atom stereocenters. The highest BCUT2D eigenvalue weighted by molar-refractivity contribution is 9.10. The molecule has 5 heteroatoms. The number of anilines is 1. The highest BCUT2D eigenvalue weighted by atomic mass is 79.9. The molecule has 100 valence electrons. The zero-order chi connectivity index (χ0) is 13.0. The minimum absolute atomic E-state index is 0.573. The molecule has 1 heterocycles. The molecule has 0 spiro atoms. The van der Waals surface area contributed by atoms with E-state index >= 15 is 0 Å². The van der Waals surface area contributed by atoms with Crippen LogP contribution in [0.5, 0.6) is 5.88 Å². The fourth-order valence-corrected chi connectivity index (χ4v) is 2.85. The van der Waals surface area contributed by atoms with E-state index in [4.69, 9.17) is 4.74 Å². The Kier molecular flexibility index (Phi) is 4.80. The molecule has 1 saturated carbocycles. The third-order valence-electron chi connectivity index (χ3n) is 3.72. The third-order valence-corrected chi connectivity index (χ3v) is 4.26. The highest BCUT2D eigenvalue weighted by Gasteiger charge is 2.21. The lowest BCUT2D eigenvalue weighted by atomic mass is 9.80. The number of hydrogen-bond donors (Lipinski definition) is 1. The van der Waals surface area contributed by atoms with Gasteiger partial charge in [-0.1, -0.05) is 26.2 Å². The van der Waals surface area contributed by atoms with Crippen molar-refractivity contribution in [2.24, 2.45) is 11.8 Å². The number of nitrogens with one attached hydrogen (secondary N) is 1. The van der Waals surface area contributed by atoms with Crippen LogP contribution in [0.4, 0.5) is 5.95 Å². The van der Waals surface area contributed by atoms with E-state index in [-0.39, 0.29) is 0 Å². The molecular weight excluding hydrogens is 294 g/mol. The van der Waals surface area contributed by atoms with Gasteiger partial charge in [0.1, 0.15) is 0 Å². The zero-order valence-electron chi connectivity index (χ0n) is 10.9. The molecule has 0 aliphatic heterocycles. The van der Waals surface area contributed by atoms with Gasteiger partial charge in [0, 0.05) is 6.54 Å². The summed E-state index contributed by atoms with van der Waals surface area (Å²) in [5, 5.41) is 3.32. The van der Waals surface area contributed by atoms with Crippen LogP contribution >= 0.6 is 15.9 Å². The summed E-state index contributed by atoms with van der Waals surface area (Å²) in [6, 6.07) is 0. The molecule has 1 N–H and O–H groups in total. The summed E-state index contributed by atoms with van der Waals surface area (Å²) >= 11 is 3.35. The number of aromatic nitrogens is 2. The van der Waals surface area contributed by atoms with Crippen LogP contribution in [0, 0.1) is 11.8 Å². The smallest absolute Gasteiger partial charge is 0.232 e. The fraction of sp³-hybridized carbons (Fsp3) is 0.692. The summed E-state index contributed by atoms with van der Waals surface area (Å²) in [5.74, 6) is 2.75. The van der Waals surface area contributed by atoms with Crippen LogP contribution in [0.3, 0.4) is 0 Å². The second-order valence-corrected chi connectivity index (χ2v) is 5.81. The zero-order valence-corrected chi connectivity index (χ0v) is 12.5. The largest absolute Gasteiger partial charge is 0.480 e. The highest BCUT2D eigenvalue weighted by Crippen LogP contribution is 2.29. The SMILES string of the molecule is COc1nc(NCC2CCCCC2C)ncc1Br. The predicted molar refractivity (Wildman–Crippen MR) is 75.9 cm³/mol. The van der Waals surface area contributed by atoms with Gasteiger partial charge in [0.05, 0.1) is 17.8 Å². The molecule has 1 aliphatic carbocycles. The summed E-state index contributed by atoms with van der Waals surface area (Å²) in [7, 11) is 1.61. The number of nitrogens with zero attached hydrogens (tertiary/aromatic N) is 2. The van der Waals surface area contributed by atoms with Gasteiger partial charge < -0.3 is 10.1 Å². The van der Waals surface area contributed by atoms with Crippen molar-refractivity contribution in [2.45, 2.75) is 32.6 Å². The molecular formula is C13H20BrN3O. The monoisotopic (exact) mass is 313 g/mol. The Hall–Kier alpha value is -0.840. The van der Waals surface area contributed by atoms with Crippen molar-refractivity contribution in [2.75, 3.05) is 19.0 Å². The first kappa shape index (κ1) is 13.6. The average molecular weight is 314 g/mol. The predicted octanol–water partition coefficient (Wildman–Crippen LogP) is 3.49. The molecule has 0 radical (unpaired) electrons. The minimum Gasteiger partial charge on any atom is -0.480 e. The first-order valence-electron chi connectivity index (χ1n) is 6.51. The van der Waals surface area contributed by atoms with Crippen LogP contribution in [-0.2, 0) is 0 Å². The van der Waals surface area contributed by atoms with E-state index in [0.29, 0.717) is 11.8 Å². The van der Waals surface area contributed by atoms with Crippen LogP contribution in [0.2, 0.25) is 0 Å². The van der Waals surface area contributed by atoms with E-state index in [9.17, 15) is 0 Å². The van der Waals surface area contributed by atoms with Gasteiger partial charge in [-0.05, 0) is 34.2 Å². The van der Waals surface area contributed by atoms with E-state index in [1.54, 1.807) is 13.3 Å². The fourth-order valence-electron chi connectivity index (χ4n) is 2.50. The number of hydrogen-bond acceptors (Lipinski definition) is 4. The molecule has 1 fully saturated rings. The summed E-state index contributed by atoms with van der Waals surface area (Å²) in [4.78, 5) is 8.56. The van der Waals surface area contributed by atoms with Gasteiger partial charge in [-0.15, -0.1) is 0 Å². The second kappa shape index (κ2) is 6.36. The summed E-state index contributed by atoms with van der Waals surface area (Å²) in [6.07, 6.45) is 7.10. The Morgan fingerprint density at radius 3 is 2.94 bits per heavy atom. The van der Waals surface area contributed by atoms with E-state index in [0.717, 1.165) is 22.9 Å². The summed E-state index contributed by atoms with van der Waals surface area (Å²) in [6.45, 7) is 3.29. The molecule has 18 heavy (non-hydrogen) atoms. The molecule has 1 aromatic rings. The maximum absolute atomic E-state index is 5.16. The van der Waals surface area contributed by atoms with E-state index in [1.807, 2.05) is 0 Å². The number of methoxy groups -OCH3 is 1. The first-order valence-corrected chi connectivity index (χ1v) is 7.30. The molecule has 2 unspecified atom stereocenters. The topological polar surface area (TPSA) is 47.0 Å².